The van der Waals surface area contributed by atoms with Crippen LogP contribution in [0.2, 0.25) is 0 Å². The summed E-state index contributed by atoms with van der Waals surface area (Å²) in [5.41, 5.74) is 3.92. The van der Waals surface area contributed by atoms with Crippen molar-refractivity contribution in [3.05, 3.63) is 57.7 Å². The number of thiazole rings is 1. The zero-order chi connectivity index (χ0) is 14.1. The smallest absolute Gasteiger partial charge is 0.302 e. The number of nitrogens with zero attached hydrogens (tertiary/aromatic N) is 3. The van der Waals surface area contributed by atoms with Gasteiger partial charge in [-0.2, -0.15) is 0 Å². The normalized spacial score (nSPS) is 12.0. The lowest BCUT2D eigenvalue weighted by atomic mass is 10.1. The standard InChI is InChI=1S/C15H13N3OS/c1-10(12-9-16-5-6-17-12)7-11-3-4-13-14(8-11)20-15(19)18(13)2/h3-9H,1-2H3. The predicted octanol–water partition coefficient (Wildman–Crippen LogP) is 2.95. The zero-order valence-corrected chi connectivity index (χ0v) is 12.0. The van der Waals surface area contributed by atoms with E-state index in [4.69, 9.17) is 0 Å². The molecule has 5 heteroatoms. The van der Waals surface area contributed by atoms with Crippen molar-refractivity contribution in [1.29, 1.82) is 0 Å². The van der Waals surface area contributed by atoms with E-state index < -0.39 is 0 Å². The molecule has 0 fully saturated rings. The van der Waals surface area contributed by atoms with E-state index in [0.29, 0.717) is 0 Å². The summed E-state index contributed by atoms with van der Waals surface area (Å²) in [5, 5.41) is 0. The van der Waals surface area contributed by atoms with Gasteiger partial charge in [0, 0.05) is 19.4 Å². The van der Waals surface area contributed by atoms with Gasteiger partial charge in [0.1, 0.15) is 0 Å². The summed E-state index contributed by atoms with van der Waals surface area (Å²) >= 11 is 1.27. The summed E-state index contributed by atoms with van der Waals surface area (Å²) in [6.07, 6.45) is 7.13. The van der Waals surface area contributed by atoms with Crippen LogP contribution in [-0.4, -0.2) is 14.5 Å². The number of hydrogen-bond donors (Lipinski definition) is 0. The third-order valence-corrected chi connectivity index (χ3v) is 4.16. The van der Waals surface area contributed by atoms with Crippen LogP contribution in [0.3, 0.4) is 0 Å². The predicted molar refractivity (Wildman–Crippen MR) is 82.6 cm³/mol. The van der Waals surface area contributed by atoms with E-state index in [2.05, 4.69) is 9.97 Å². The minimum Gasteiger partial charge on any atom is -0.302 e. The van der Waals surface area contributed by atoms with Crippen molar-refractivity contribution in [2.45, 2.75) is 6.92 Å². The van der Waals surface area contributed by atoms with Crippen LogP contribution in [0.25, 0.3) is 21.9 Å². The Labute approximate surface area is 120 Å². The van der Waals surface area contributed by atoms with Gasteiger partial charge in [-0.3, -0.25) is 14.8 Å². The summed E-state index contributed by atoms with van der Waals surface area (Å²) in [6, 6.07) is 6.01. The molecule has 1 aromatic carbocycles. The van der Waals surface area contributed by atoms with Gasteiger partial charge < -0.3 is 4.57 Å². The van der Waals surface area contributed by atoms with E-state index in [0.717, 1.165) is 27.0 Å². The highest BCUT2D eigenvalue weighted by Crippen LogP contribution is 2.21. The summed E-state index contributed by atoms with van der Waals surface area (Å²) in [4.78, 5) is 20.0. The minimum atomic E-state index is 0.0618. The van der Waals surface area contributed by atoms with Crippen LogP contribution in [-0.2, 0) is 7.05 Å². The molecule has 20 heavy (non-hydrogen) atoms. The first-order valence-electron chi connectivity index (χ1n) is 6.19. The van der Waals surface area contributed by atoms with Crippen LogP contribution in [0, 0.1) is 0 Å². The van der Waals surface area contributed by atoms with E-state index in [9.17, 15) is 4.79 Å². The molecule has 0 unspecified atom stereocenters. The van der Waals surface area contributed by atoms with Gasteiger partial charge >= 0.3 is 4.87 Å². The molecule has 0 atom stereocenters. The number of rotatable bonds is 2. The van der Waals surface area contributed by atoms with Crippen molar-refractivity contribution in [2.75, 3.05) is 0 Å². The maximum Gasteiger partial charge on any atom is 0.307 e. The number of allylic oxidation sites excluding steroid dienone is 1. The maximum absolute atomic E-state index is 11.6. The molecule has 0 saturated heterocycles. The lowest BCUT2D eigenvalue weighted by molar-refractivity contribution is 0.939. The molecule has 0 aliphatic carbocycles. The maximum atomic E-state index is 11.6. The van der Waals surface area contributed by atoms with Gasteiger partial charge in [0.05, 0.1) is 22.1 Å². The summed E-state index contributed by atoms with van der Waals surface area (Å²) in [6.45, 7) is 2.00. The number of aromatic nitrogens is 3. The third-order valence-electron chi connectivity index (χ3n) is 3.17. The van der Waals surface area contributed by atoms with Gasteiger partial charge in [-0.25, -0.2) is 0 Å². The van der Waals surface area contributed by atoms with Crippen LogP contribution in [0.5, 0.6) is 0 Å². The van der Waals surface area contributed by atoms with Crippen LogP contribution in [0.4, 0.5) is 0 Å². The second kappa shape index (κ2) is 5.02. The Bertz CT molecular complexity index is 846. The average molecular weight is 283 g/mol. The first kappa shape index (κ1) is 12.7. The fourth-order valence-electron chi connectivity index (χ4n) is 2.07. The van der Waals surface area contributed by atoms with Gasteiger partial charge in [0.15, 0.2) is 0 Å². The Morgan fingerprint density at radius 1 is 1.35 bits per heavy atom. The fraction of sp³-hybridized carbons (Fsp3) is 0.133. The molecule has 0 aliphatic rings. The Morgan fingerprint density at radius 2 is 2.20 bits per heavy atom. The zero-order valence-electron chi connectivity index (χ0n) is 11.2. The van der Waals surface area contributed by atoms with Crippen LogP contribution in [0.15, 0.2) is 41.6 Å². The van der Waals surface area contributed by atoms with E-state index in [1.165, 1.54) is 11.3 Å². The molecule has 0 spiro atoms. The lowest BCUT2D eigenvalue weighted by Crippen LogP contribution is -2.06. The van der Waals surface area contributed by atoms with Gasteiger partial charge in [0.2, 0.25) is 0 Å². The molecule has 0 saturated carbocycles. The number of fused-ring (bicyclic) bond motifs is 1. The SMILES string of the molecule is CC(=Cc1ccc2c(c1)sc(=O)n2C)c1cnccn1. The molecule has 2 heterocycles. The minimum absolute atomic E-state index is 0.0618. The summed E-state index contributed by atoms with van der Waals surface area (Å²) in [7, 11) is 1.79. The fourth-order valence-corrected chi connectivity index (χ4v) is 2.99. The quantitative estimate of drug-likeness (QED) is 0.726. The average Bonchev–Trinajstić information content (AvgIpc) is 2.74. The third kappa shape index (κ3) is 2.28. The van der Waals surface area contributed by atoms with Gasteiger partial charge in [-0.1, -0.05) is 17.4 Å². The number of aryl methyl sites for hydroxylation is 1. The molecule has 3 rings (SSSR count). The van der Waals surface area contributed by atoms with Crippen molar-refractivity contribution < 1.29 is 0 Å². The molecule has 0 aliphatic heterocycles. The van der Waals surface area contributed by atoms with E-state index in [-0.39, 0.29) is 4.87 Å². The lowest BCUT2D eigenvalue weighted by Gasteiger charge is -2.01. The second-order valence-corrected chi connectivity index (χ2v) is 5.57. The van der Waals surface area contributed by atoms with Gasteiger partial charge in [-0.05, 0) is 36.3 Å². The van der Waals surface area contributed by atoms with Crippen LogP contribution in [0.1, 0.15) is 18.2 Å². The molecule has 0 amide bonds. The highest BCUT2D eigenvalue weighted by molar-refractivity contribution is 7.16. The van der Waals surface area contributed by atoms with Crippen LogP contribution >= 0.6 is 11.3 Å². The van der Waals surface area contributed by atoms with Crippen molar-refractivity contribution in [2.24, 2.45) is 7.05 Å². The highest BCUT2D eigenvalue weighted by Gasteiger charge is 2.04. The van der Waals surface area contributed by atoms with Gasteiger partial charge in [-0.15, -0.1) is 0 Å². The largest absolute Gasteiger partial charge is 0.307 e. The Balaban J connectivity index is 2.05. The molecule has 0 N–H and O–H groups in total. The molecule has 2 aromatic heterocycles. The first-order valence-corrected chi connectivity index (χ1v) is 7.01. The van der Waals surface area contributed by atoms with E-state index in [1.54, 1.807) is 30.2 Å². The second-order valence-electron chi connectivity index (χ2n) is 4.57. The van der Waals surface area contributed by atoms with Crippen molar-refractivity contribution in [1.82, 2.24) is 14.5 Å². The molecular formula is C15H13N3OS. The summed E-state index contributed by atoms with van der Waals surface area (Å²) < 4.78 is 2.67. The Hall–Kier alpha value is -2.27. The molecular weight excluding hydrogens is 270 g/mol. The summed E-state index contributed by atoms with van der Waals surface area (Å²) in [5.74, 6) is 0. The molecule has 4 nitrogen and oxygen atoms in total. The molecule has 100 valence electrons. The first-order chi connectivity index (χ1) is 9.65. The Morgan fingerprint density at radius 3 is 2.95 bits per heavy atom. The number of benzene rings is 1. The van der Waals surface area contributed by atoms with E-state index in [1.807, 2.05) is 31.2 Å². The topological polar surface area (TPSA) is 47.8 Å². The van der Waals surface area contributed by atoms with Crippen molar-refractivity contribution in [3.63, 3.8) is 0 Å². The van der Waals surface area contributed by atoms with Crippen LogP contribution < -0.4 is 4.87 Å². The van der Waals surface area contributed by atoms with Crippen molar-refractivity contribution >= 4 is 33.2 Å². The van der Waals surface area contributed by atoms with Crippen molar-refractivity contribution in [3.8, 4) is 0 Å². The molecule has 0 radical (unpaired) electrons. The number of hydrogen-bond acceptors (Lipinski definition) is 4. The Kier molecular flexibility index (Phi) is 3.20. The molecule has 3 aromatic rings. The van der Waals surface area contributed by atoms with Gasteiger partial charge in [0.25, 0.3) is 0 Å². The van der Waals surface area contributed by atoms with E-state index >= 15 is 0 Å². The highest BCUT2D eigenvalue weighted by atomic mass is 32.1. The molecule has 0 bridgehead atoms. The monoisotopic (exact) mass is 283 g/mol.